The molecule has 0 unspecified atom stereocenters. The number of nitrogens with zero attached hydrogens (tertiary/aromatic N) is 2. The normalized spacial score (nSPS) is 13.6. The third kappa shape index (κ3) is 2.07. The summed E-state index contributed by atoms with van der Waals surface area (Å²) in [6, 6.07) is 6.03. The fourth-order valence-corrected chi connectivity index (χ4v) is 3.08. The summed E-state index contributed by atoms with van der Waals surface area (Å²) >= 11 is 3.52. The molecular formula is C14H16BrN3O. The van der Waals surface area contributed by atoms with Gasteiger partial charge in [-0.1, -0.05) is 15.9 Å². The molecule has 1 aromatic carbocycles. The molecule has 1 aliphatic rings. The highest BCUT2D eigenvalue weighted by molar-refractivity contribution is 9.10. The highest BCUT2D eigenvalue weighted by Crippen LogP contribution is 2.38. The molecule has 0 saturated heterocycles. The molecule has 3 rings (SSSR count). The van der Waals surface area contributed by atoms with E-state index >= 15 is 0 Å². The lowest BCUT2D eigenvalue weighted by atomic mass is 10.0. The van der Waals surface area contributed by atoms with Crippen molar-refractivity contribution in [3.05, 3.63) is 34.1 Å². The summed E-state index contributed by atoms with van der Waals surface area (Å²) in [5, 5.41) is 4.61. The summed E-state index contributed by atoms with van der Waals surface area (Å²) in [4.78, 5) is 0. The quantitative estimate of drug-likeness (QED) is 0.945. The zero-order valence-electron chi connectivity index (χ0n) is 10.8. The van der Waals surface area contributed by atoms with E-state index in [0.29, 0.717) is 6.54 Å². The summed E-state index contributed by atoms with van der Waals surface area (Å²) in [6.07, 6.45) is 2.20. The van der Waals surface area contributed by atoms with Crippen molar-refractivity contribution in [3.63, 3.8) is 0 Å². The fraction of sp³-hybridized carbons (Fsp3) is 0.357. The molecule has 0 fully saturated rings. The zero-order valence-corrected chi connectivity index (χ0v) is 12.4. The molecule has 100 valence electrons. The molecule has 1 aliphatic heterocycles. The molecule has 0 aliphatic carbocycles. The van der Waals surface area contributed by atoms with Gasteiger partial charge in [0.25, 0.3) is 0 Å². The van der Waals surface area contributed by atoms with Crippen LogP contribution >= 0.6 is 15.9 Å². The number of hydrogen-bond donors (Lipinski definition) is 1. The second-order valence-electron chi connectivity index (χ2n) is 4.64. The van der Waals surface area contributed by atoms with Crippen LogP contribution < -0.4 is 10.5 Å². The van der Waals surface area contributed by atoms with Crippen molar-refractivity contribution in [3.8, 4) is 16.9 Å². The number of benzene rings is 1. The van der Waals surface area contributed by atoms with Crippen molar-refractivity contribution in [1.82, 2.24) is 9.78 Å². The molecule has 5 heteroatoms. The molecule has 0 saturated carbocycles. The molecule has 0 spiro atoms. The SMILES string of the molecule is COc1ccc(Br)cc1-c1c(CN)nn2c1CCC2. The molecule has 2 heterocycles. The maximum atomic E-state index is 5.85. The van der Waals surface area contributed by atoms with Gasteiger partial charge in [0.15, 0.2) is 0 Å². The molecule has 19 heavy (non-hydrogen) atoms. The monoisotopic (exact) mass is 321 g/mol. The highest BCUT2D eigenvalue weighted by Gasteiger charge is 2.24. The summed E-state index contributed by atoms with van der Waals surface area (Å²) in [7, 11) is 1.69. The van der Waals surface area contributed by atoms with Crippen molar-refractivity contribution in [2.45, 2.75) is 25.9 Å². The van der Waals surface area contributed by atoms with E-state index in [-0.39, 0.29) is 0 Å². The standard InChI is InChI=1S/C14H16BrN3O/c1-19-13-5-4-9(15)7-10(13)14-11(8-16)17-18-6-2-3-12(14)18/h4-5,7H,2-3,6,8,16H2,1H3. The van der Waals surface area contributed by atoms with E-state index in [9.17, 15) is 0 Å². The number of fused-ring (bicyclic) bond motifs is 1. The number of aromatic nitrogens is 2. The number of nitrogens with two attached hydrogens (primary N) is 1. The summed E-state index contributed by atoms with van der Waals surface area (Å²) in [5.74, 6) is 0.862. The van der Waals surface area contributed by atoms with Crippen LogP contribution in [0.15, 0.2) is 22.7 Å². The van der Waals surface area contributed by atoms with Gasteiger partial charge in [-0.2, -0.15) is 5.10 Å². The molecular weight excluding hydrogens is 306 g/mol. The second-order valence-corrected chi connectivity index (χ2v) is 5.56. The van der Waals surface area contributed by atoms with Crippen LogP contribution in [0.25, 0.3) is 11.1 Å². The predicted molar refractivity (Wildman–Crippen MR) is 78.1 cm³/mol. The van der Waals surface area contributed by atoms with Crippen LogP contribution in [0.5, 0.6) is 5.75 Å². The van der Waals surface area contributed by atoms with E-state index < -0.39 is 0 Å². The van der Waals surface area contributed by atoms with E-state index in [4.69, 9.17) is 10.5 Å². The Balaban J connectivity index is 2.24. The van der Waals surface area contributed by atoms with Gasteiger partial charge in [-0.05, 0) is 31.0 Å². The Morgan fingerprint density at radius 3 is 3.05 bits per heavy atom. The Morgan fingerprint density at radius 2 is 2.32 bits per heavy atom. The average Bonchev–Trinajstić information content (AvgIpc) is 2.98. The molecule has 0 atom stereocenters. The minimum atomic E-state index is 0.449. The summed E-state index contributed by atoms with van der Waals surface area (Å²) in [5.41, 5.74) is 10.3. The van der Waals surface area contributed by atoms with Gasteiger partial charge < -0.3 is 10.5 Å². The number of hydrogen-bond acceptors (Lipinski definition) is 3. The largest absolute Gasteiger partial charge is 0.496 e. The van der Waals surface area contributed by atoms with Gasteiger partial charge >= 0.3 is 0 Å². The van der Waals surface area contributed by atoms with E-state index in [1.807, 2.05) is 12.1 Å². The van der Waals surface area contributed by atoms with Crippen LogP contribution in [0.3, 0.4) is 0 Å². The van der Waals surface area contributed by atoms with Crippen LogP contribution in [0.2, 0.25) is 0 Å². The van der Waals surface area contributed by atoms with E-state index in [0.717, 1.165) is 46.4 Å². The smallest absolute Gasteiger partial charge is 0.126 e. The third-order valence-electron chi connectivity index (χ3n) is 3.54. The van der Waals surface area contributed by atoms with Gasteiger partial charge in [0.05, 0.1) is 12.8 Å². The van der Waals surface area contributed by atoms with Crippen molar-refractivity contribution >= 4 is 15.9 Å². The number of halogens is 1. The molecule has 0 amide bonds. The molecule has 2 N–H and O–H groups in total. The first-order chi connectivity index (χ1) is 9.24. The minimum Gasteiger partial charge on any atom is -0.496 e. The van der Waals surface area contributed by atoms with Crippen molar-refractivity contribution in [2.75, 3.05) is 7.11 Å². The lowest BCUT2D eigenvalue weighted by Crippen LogP contribution is -2.01. The van der Waals surface area contributed by atoms with E-state index in [1.54, 1.807) is 7.11 Å². The van der Waals surface area contributed by atoms with Crippen LogP contribution in [-0.2, 0) is 19.5 Å². The number of rotatable bonds is 3. The van der Waals surface area contributed by atoms with E-state index in [1.165, 1.54) is 5.69 Å². The molecule has 4 nitrogen and oxygen atoms in total. The Bertz CT molecular complexity index is 621. The zero-order chi connectivity index (χ0) is 13.4. The summed E-state index contributed by atoms with van der Waals surface area (Å²) < 4.78 is 8.60. The van der Waals surface area contributed by atoms with Gasteiger partial charge in [0.2, 0.25) is 0 Å². The fourth-order valence-electron chi connectivity index (χ4n) is 2.72. The van der Waals surface area contributed by atoms with Gasteiger partial charge in [0, 0.05) is 34.4 Å². The van der Waals surface area contributed by atoms with Gasteiger partial charge in [-0.3, -0.25) is 4.68 Å². The Hall–Kier alpha value is -1.33. The first-order valence-electron chi connectivity index (χ1n) is 6.37. The Morgan fingerprint density at radius 1 is 1.47 bits per heavy atom. The van der Waals surface area contributed by atoms with Crippen LogP contribution in [0.4, 0.5) is 0 Å². The van der Waals surface area contributed by atoms with Crippen LogP contribution in [0.1, 0.15) is 17.8 Å². The predicted octanol–water partition coefficient (Wildman–Crippen LogP) is 2.73. The van der Waals surface area contributed by atoms with Crippen LogP contribution in [0, 0.1) is 0 Å². The maximum absolute atomic E-state index is 5.85. The van der Waals surface area contributed by atoms with Gasteiger partial charge in [-0.15, -0.1) is 0 Å². The van der Waals surface area contributed by atoms with Crippen molar-refractivity contribution in [2.24, 2.45) is 5.73 Å². The van der Waals surface area contributed by atoms with Gasteiger partial charge in [-0.25, -0.2) is 0 Å². The number of ether oxygens (including phenoxy) is 1. The number of aryl methyl sites for hydroxylation is 1. The molecule has 0 bridgehead atoms. The number of methoxy groups -OCH3 is 1. The molecule has 1 aromatic heterocycles. The lowest BCUT2D eigenvalue weighted by Gasteiger charge is -2.10. The maximum Gasteiger partial charge on any atom is 0.126 e. The van der Waals surface area contributed by atoms with Crippen molar-refractivity contribution < 1.29 is 4.74 Å². The minimum absolute atomic E-state index is 0.449. The molecule has 0 radical (unpaired) electrons. The van der Waals surface area contributed by atoms with Gasteiger partial charge in [0.1, 0.15) is 5.75 Å². The second kappa shape index (κ2) is 4.98. The Kier molecular flexibility index (Phi) is 3.33. The highest BCUT2D eigenvalue weighted by atomic mass is 79.9. The van der Waals surface area contributed by atoms with E-state index in [2.05, 4.69) is 31.8 Å². The summed E-state index contributed by atoms with van der Waals surface area (Å²) in [6.45, 7) is 1.43. The van der Waals surface area contributed by atoms with Crippen LogP contribution in [-0.4, -0.2) is 16.9 Å². The topological polar surface area (TPSA) is 53.1 Å². The lowest BCUT2D eigenvalue weighted by molar-refractivity contribution is 0.416. The molecule has 2 aromatic rings. The van der Waals surface area contributed by atoms with Crippen molar-refractivity contribution in [1.29, 1.82) is 0 Å². The first kappa shape index (κ1) is 12.7. The third-order valence-corrected chi connectivity index (χ3v) is 4.03. The first-order valence-corrected chi connectivity index (χ1v) is 7.16. The Labute approximate surface area is 120 Å². The average molecular weight is 322 g/mol.